The molecular formula is C17H24N2O3. The van der Waals surface area contributed by atoms with Crippen molar-refractivity contribution in [3.8, 4) is 5.75 Å². The molecule has 2 atom stereocenters. The summed E-state index contributed by atoms with van der Waals surface area (Å²) >= 11 is 0. The van der Waals surface area contributed by atoms with Crippen molar-refractivity contribution in [2.24, 2.45) is 5.92 Å². The number of anilines is 1. The predicted octanol–water partition coefficient (Wildman–Crippen LogP) is 2.72. The van der Waals surface area contributed by atoms with Gasteiger partial charge in [0.05, 0.1) is 6.61 Å². The van der Waals surface area contributed by atoms with Crippen LogP contribution in [0.1, 0.15) is 39.5 Å². The van der Waals surface area contributed by atoms with Crippen molar-refractivity contribution >= 4 is 17.5 Å². The number of nitrogens with one attached hydrogen (secondary N) is 2. The first-order valence-electron chi connectivity index (χ1n) is 7.95. The highest BCUT2D eigenvalue weighted by atomic mass is 16.5. The predicted molar refractivity (Wildman–Crippen MR) is 85.8 cm³/mol. The number of ether oxygens (including phenoxy) is 1. The van der Waals surface area contributed by atoms with Gasteiger partial charge in [0, 0.05) is 11.7 Å². The molecule has 0 spiro atoms. The van der Waals surface area contributed by atoms with E-state index in [2.05, 4.69) is 17.6 Å². The van der Waals surface area contributed by atoms with Crippen LogP contribution in [0.15, 0.2) is 24.3 Å². The van der Waals surface area contributed by atoms with Crippen molar-refractivity contribution in [3.05, 3.63) is 24.3 Å². The van der Waals surface area contributed by atoms with Gasteiger partial charge < -0.3 is 15.4 Å². The summed E-state index contributed by atoms with van der Waals surface area (Å²) in [5, 5.41) is 5.45. The van der Waals surface area contributed by atoms with Crippen molar-refractivity contribution in [2.75, 3.05) is 11.9 Å². The Hall–Kier alpha value is -2.04. The van der Waals surface area contributed by atoms with E-state index < -0.39 is 11.8 Å². The van der Waals surface area contributed by atoms with E-state index in [-0.39, 0.29) is 6.04 Å². The minimum atomic E-state index is -0.623. The molecule has 0 saturated heterocycles. The lowest BCUT2D eigenvalue weighted by atomic mass is 9.86. The van der Waals surface area contributed by atoms with Gasteiger partial charge in [-0.05, 0) is 49.9 Å². The van der Waals surface area contributed by atoms with Crippen molar-refractivity contribution < 1.29 is 14.3 Å². The molecule has 1 aromatic carbocycles. The Morgan fingerprint density at radius 2 is 1.82 bits per heavy atom. The second-order valence-corrected chi connectivity index (χ2v) is 5.75. The molecule has 2 amide bonds. The van der Waals surface area contributed by atoms with Crippen molar-refractivity contribution in [1.29, 1.82) is 0 Å². The molecule has 2 N–H and O–H groups in total. The summed E-state index contributed by atoms with van der Waals surface area (Å²) < 4.78 is 5.33. The Kier molecular flexibility index (Phi) is 5.81. The van der Waals surface area contributed by atoms with Crippen LogP contribution >= 0.6 is 0 Å². The Morgan fingerprint density at radius 3 is 2.45 bits per heavy atom. The fourth-order valence-electron chi connectivity index (χ4n) is 2.75. The second kappa shape index (κ2) is 7.82. The molecule has 1 aliphatic carbocycles. The van der Waals surface area contributed by atoms with E-state index in [1.165, 1.54) is 6.42 Å². The Labute approximate surface area is 131 Å². The standard InChI is InChI=1S/C17H24N2O3/c1-3-22-14-10-8-13(9-11-14)18-16(20)17(21)19-15-7-5-4-6-12(15)2/h8-12,15H,3-7H2,1-2H3,(H,18,20)(H,19,21). The number of hydrogen-bond acceptors (Lipinski definition) is 3. The minimum Gasteiger partial charge on any atom is -0.494 e. The van der Waals surface area contributed by atoms with Gasteiger partial charge in [-0.3, -0.25) is 9.59 Å². The van der Waals surface area contributed by atoms with Crippen LogP contribution < -0.4 is 15.4 Å². The largest absolute Gasteiger partial charge is 0.494 e. The minimum absolute atomic E-state index is 0.104. The quantitative estimate of drug-likeness (QED) is 0.840. The monoisotopic (exact) mass is 304 g/mol. The van der Waals surface area contributed by atoms with Gasteiger partial charge in [0.15, 0.2) is 0 Å². The van der Waals surface area contributed by atoms with Gasteiger partial charge in [-0.25, -0.2) is 0 Å². The highest BCUT2D eigenvalue weighted by molar-refractivity contribution is 6.39. The van der Waals surface area contributed by atoms with Crippen LogP contribution in [0.2, 0.25) is 0 Å². The van der Waals surface area contributed by atoms with Crippen LogP contribution in [0.25, 0.3) is 0 Å². The molecule has 5 nitrogen and oxygen atoms in total. The first-order chi connectivity index (χ1) is 10.6. The lowest BCUT2D eigenvalue weighted by Crippen LogP contribution is -2.45. The highest BCUT2D eigenvalue weighted by Crippen LogP contribution is 2.23. The summed E-state index contributed by atoms with van der Waals surface area (Å²) in [6.07, 6.45) is 4.36. The maximum absolute atomic E-state index is 12.0. The fourth-order valence-corrected chi connectivity index (χ4v) is 2.75. The highest BCUT2D eigenvalue weighted by Gasteiger charge is 2.25. The number of amides is 2. The third-order valence-electron chi connectivity index (χ3n) is 4.06. The van der Waals surface area contributed by atoms with E-state index in [1.54, 1.807) is 24.3 Å². The molecule has 5 heteroatoms. The second-order valence-electron chi connectivity index (χ2n) is 5.75. The summed E-state index contributed by atoms with van der Waals surface area (Å²) in [5.74, 6) is -0.0217. The molecule has 2 rings (SSSR count). The molecule has 1 aromatic rings. The first kappa shape index (κ1) is 16.3. The van der Waals surface area contributed by atoms with Gasteiger partial charge in [-0.15, -0.1) is 0 Å². The number of carbonyl (C=O) groups excluding carboxylic acids is 2. The van der Waals surface area contributed by atoms with E-state index in [4.69, 9.17) is 4.74 Å². The number of hydrogen-bond donors (Lipinski definition) is 2. The van der Waals surface area contributed by atoms with Gasteiger partial charge in [0.25, 0.3) is 0 Å². The zero-order valence-electron chi connectivity index (χ0n) is 13.2. The lowest BCUT2D eigenvalue weighted by molar-refractivity contribution is -0.137. The molecule has 0 aromatic heterocycles. The summed E-state index contributed by atoms with van der Waals surface area (Å²) in [7, 11) is 0. The van der Waals surface area contributed by atoms with E-state index in [9.17, 15) is 9.59 Å². The zero-order valence-corrected chi connectivity index (χ0v) is 13.2. The summed E-state index contributed by atoms with van der Waals surface area (Å²) in [6.45, 7) is 4.62. The van der Waals surface area contributed by atoms with E-state index in [1.807, 2.05) is 6.92 Å². The zero-order chi connectivity index (χ0) is 15.9. The molecule has 0 aliphatic heterocycles. The van der Waals surface area contributed by atoms with Gasteiger partial charge >= 0.3 is 11.8 Å². The van der Waals surface area contributed by atoms with Crippen molar-refractivity contribution in [3.63, 3.8) is 0 Å². The third-order valence-corrected chi connectivity index (χ3v) is 4.06. The first-order valence-corrected chi connectivity index (χ1v) is 7.95. The van der Waals surface area contributed by atoms with Gasteiger partial charge in [0.2, 0.25) is 0 Å². The van der Waals surface area contributed by atoms with Crippen LogP contribution in [0.3, 0.4) is 0 Å². The van der Waals surface area contributed by atoms with Crippen LogP contribution in [-0.2, 0) is 9.59 Å². The molecule has 120 valence electrons. The molecular weight excluding hydrogens is 280 g/mol. The van der Waals surface area contributed by atoms with E-state index in [0.29, 0.717) is 18.2 Å². The molecule has 0 radical (unpaired) electrons. The van der Waals surface area contributed by atoms with E-state index >= 15 is 0 Å². The maximum atomic E-state index is 12.0. The summed E-state index contributed by atoms with van der Waals surface area (Å²) in [4.78, 5) is 23.9. The van der Waals surface area contributed by atoms with Crippen LogP contribution in [0.4, 0.5) is 5.69 Å². The molecule has 1 aliphatic rings. The van der Waals surface area contributed by atoms with Crippen LogP contribution in [0.5, 0.6) is 5.75 Å². The summed E-state index contributed by atoms with van der Waals surface area (Å²) in [6, 6.07) is 7.08. The number of rotatable bonds is 4. The SMILES string of the molecule is CCOc1ccc(NC(=O)C(=O)NC2CCCCC2C)cc1. The fraction of sp³-hybridized carbons (Fsp3) is 0.529. The normalized spacial score (nSPS) is 21.0. The Morgan fingerprint density at radius 1 is 1.14 bits per heavy atom. The van der Waals surface area contributed by atoms with Gasteiger partial charge in [-0.1, -0.05) is 19.8 Å². The number of benzene rings is 1. The molecule has 0 bridgehead atoms. The smallest absolute Gasteiger partial charge is 0.313 e. The molecule has 0 heterocycles. The Balaban J connectivity index is 1.86. The van der Waals surface area contributed by atoms with Gasteiger partial charge in [0.1, 0.15) is 5.75 Å². The Bertz CT molecular complexity index is 513. The average molecular weight is 304 g/mol. The average Bonchev–Trinajstić information content (AvgIpc) is 2.51. The van der Waals surface area contributed by atoms with Crippen molar-refractivity contribution in [1.82, 2.24) is 5.32 Å². The van der Waals surface area contributed by atoms with Crippen molar-refractivity contribution in [2.45, 2.75) is 45.6 Å². The van der Waals surface area contributed by atoms with Crippen LogP contribution in [0, 0.1) is 5.92 Å². The summed E-state index contributed by atoms with van der Waals surface area (Å²) in [5.41, 5.74) is 0.584. The lowest BCUT2D eigenvalue weighted by Gasteiger charge is -2.29. The molecule has 1 saturated carbocycles. The topological polar surface area (TPSA) is 67.4 Å². The van der Waals surface area contributed by atoms with E-state index in [0.717, 1.165) is 25.0 Å². The number of carbonyl (C=O) groups is 2. The maximum Gasteiger partial charge on any atom is 0.313 e. The molecule has 22 heavy (non-hydrogen) atoms. The molecule has 1 fully saturated rings. The molecule has 2 unspecified atom stereocenters. The van der Waals surface area contributed by atoms with Gasteiger partial charge in [-0.2, -0.15) is 0 Å². The van der Waals surface area contributed by atoms with Crippen LogP contribution in [-0.4, -0.2) is 24.5 Å². The third kappa shape index (κ3) is 4.48.